The van der Waals surface area contributed by atoms with Crippen molar-refractivity contribution in [2.24, 2.45) is 7.05 Å². The molecule has 1 saturated heterocycles. The summed E-state index contributed by atoms with van der Waals surface area (Å²) in [7, 11) is -2.07. The second kappa shape index (κ2) is 5.81. The van der Waals surface area contributed by atoms with Gasteiger partial charge in [0.05, 0.1) is 22.7 Å². The summed E-state index contributed by atoms with van der Waals surface area (Å²) in [6.45, 7) is 0.824. The average Bonchev–Trinajstić information content (AvgIpc) is 3.24. The van der Waals surface area contributed by atoms with Crippen LogP contribution in [0.2, 0.25) is 0 Å². The van der Waals surface area contributed by atoms with Crippen molar-refractivity contribution in [1.82, 2.24) is 23.9 Å². The van der Waals surface area contributed by atoms with E-state index in [9.17, 15) is 13.2 Å². The van der Waals surface area contributed by atoms with Crippen LogP contribution in [0.3, 0.4) is 0 Å². The van der Waals surface area contributed by atoms with Gasteiger partial charge in [-0.25, -0.2) is 17.9 Å². The van der Waals surface area contributed by atoms with Crippen molar-refractivity contribution < 1.29 is 12.8 Å². The molecular weight excluding hydrogens is 346 g/mol. The Balaban J connectivity index is 1.60. The fourth-order valence-corrected chi connectivity index (χ4v) is 4.67. The van der Waals surface area contributed by atoms with Crippen LogP contribution < -0.4 is 5.76 Å². The summed E-state index contributed by atoms with van der Waals surface area (Å²) in [5.41, 5.74) is 0.833. The third-order valence-corrected chi connectivity index (χ3v) is 6.53. The fourth-order valence-electron chi connectivity index (χ4n) is 3.18. The Morgan fingerprint density at radius 1 is 1.24 bits per heavy atom. The van der Waals surface area contributed by atoms with Crippen LogP contribution in [0.4, 0.5) is 0 Å². The molecule has 1 fully saturated rings. The van der Waals surface area contributed by atoms with Crippen molar-refractivity contribution in [1.29, 1.82) is 0 Å². The molecule has 3 aromatic rings. The van der Waals surface area contributed by atoms with Crippen molar-refractivity contribution >= 4 is 21.1 Å². The Hall–Kier alpha value is -2.46. The number of hydrogen-bond donors (Lipinski definition) is 0. The zero-order valence-electron chi connectivity index (χ0n) is 13.6. The molecular formula is C15H17N5O4S. The predicted octanol–water partition coefficient (Wildman–Crippen LogP) is 0.749. The maximum atomic E-state index is 12.9. The van der Waals surface area contributed by atoms with Crippen molar-refractivity contribution in [2.75, 3.05) is 13.1 Å². The first-order valence-electron chi connectivity index (χ1n) is 7.92. The number of benzene rings is 1. The number of fused-ring (bicyclic) bond motifs is 1. The number of aromatic nitrogens is 4. The second-order valence-corrected chi connectivity index (χ2v) is 8.01. The van der Waals surface area contributed by atoms with E-state index in [-0.39, 0.29) is 10.9 Å². The normalized spacial score (nSPS) is 17.3. The zero-order valence-corrected chi connectivity index (χ0v) is 14.4. The smallest absolute Gasteiger partial charge is 0.408 e. The van der Waals surface area contributed by atoms with E-state index in [1.165, 1.54) is 27.1 Å². The minimum atomic E-state index is -3.62. The van der Waals surface area contributed by atoms with Gasteiger partial charge in [0, 0.05) is 26.3 Å². The summed E-state index contributed by atoms with van der Waals surface area (Å²) in [5.74, 6) is -0.516. The number of sulfonamides is 1. The topological polar surface area (TPSA) is 103 Å². The molecule has 0 aliphatic carbocycles. The highest BCUT2D eigenvalue weighted by Gasteiger charge is 2.30. The molecule has 132 valence electrons. The molecule has 1 aliphatic rings. The number of aryl methyl sites for hydroxylation is 1. The summed E-state index contributed by atoms with van der Waals surface area (Å²) in [6.07, 6.45) is 4.76. The van der Waals surface area contributed by atoms with Gasteiger partial charge < -0.3 is 4.42 Å². The van der Waals surface area contributed by atoms with E-state index in [0.717, 1.165) is 0 Å². The molecule has 2 aromatic heterocycles. The van der Waals surface area contributed by atoms with Gasteiger partial charge in [-0.3, -0.25) is 4.57 Å². The Morgan fingerprint density at radius 3 is 2.68 bits per heavy atom. The quantitative estimate of drug-likeness (QED) is 0.680. The molecule has 4 rings (SSSR count). The summed E-state index contributed by atoms with van der Waals surface area (Å²) < 4.78 is 35.4. The molecule has 0 atom stereocenters. The molecule has 1 aliphatic heterocycles. The Kier molecular flexibility index (Phi) is 3.73. The lowest BCUT2D eigenvalue weighted by Gasteiger charge is -2.31. The van der Waals surface area contributed by atoms with Gasteiger partial charge in [0.2, 0.25) is 10.0 Å². The second-order valence-electron chi connectivity index (χ2n) is 6.07. The van der Waals surface area contributed by atoms with Crippen LogP contribution in [-0.4, -0.2) is 45.4 Å². The molecule has 0 amide bonds. The van der Waals surface area contributed by atoms with E-state index in [1.807, 2.05) is 0 Å². The number of hydrogen-bond acceptors (Lipinski definition) is 6. The molecule has 25 heavy (non-hydrogen) atoms. The summed E-state index contributed by atoms with van der Waals surface area (Å²) in [6, 6.07) is 4.64. The SMILES string of the molecule is Cn1c(=O)oc2ccc(S(=O)(=O)N3CCC(n4ccnn4)CC3)cc21. The lowest BCUT2D eigenvalue weighted by Crippen LogP contribution is -2.39. The van der Waals surface area contributed by atoms with Gasteiger partial charge in [-0.1, -0.05) is 5.21 Å². The molecule has 0 unspecified atom stereocenters. The van der Waals surface area contributed by atoms with Gasteiger partial charge >= 0.3 is 5.76 Å². The first-order valence-corrected chi connectivity index (χ1v) is 9.36. The Morgan fingerprint density at radius 2 is 2.00 bits per heavy atom. The van der Waals surface area contributed by atoms with Gasteiger partial charge in [-0.15, -0.1) is 5.10 Å². The van der Waals surface area contributed by atoms with E-state index < -0.39 is 15.8 Å². The van der Waals surface area contributed by atoms with Crippen LogP contribution in [0.25, 0.3) is 11.1 Å². The third-order valence-electron chi connectivity index (χ3n) is 4.64. The largest absolute Gasteiger partial charge is 0.419 e. The van der Waals surface area contributed by atoms with E-state index in [4.69, 9.17) is 4.42 Å². The minimum Gasteiger partial charge on any atom is -0.408 e. The van der Waals surface area contributed by atoms with E-state index in [1.54, 1.807) is 24.1 Å². The summed E-state index contributed by atoms with van der Waals surface area (Å²) in [5, 5.41) is 7.78. The number of oxazole rings is 1. The van der Waals surface area contributed by atoms with Gasteiger partial charge in [-0.2, -0.15) is 4.31 Å². The molecule has 0 radical (unpaired) electrons. The van der Waals surface area contributed by atoms with Crippen molar-refractivity contribution in [3.05, 3.63) is 41.1 Å². The highest BCUT2D eigenvalue weighted by molar-refractivity contribution is 7.89. The average molecular weight is 363 g/mol. The van der Waals surface area contributed by atoms with Gasteiger partial charge in [0.1, 0.15) is 0 Å². The third kappa shape index (κ3) is 2.67. The summed E-state index contributed by atoms with van der Waals surface area (Å²) in [4.78, 5) is 11.7. The number of rotatable bonds is 3. The Bertz CT molecular complexity index is 1060. The first kappa shape index (κ1) is 16.0. The predicted molar refractivity (Wildman–Crippen MR) is 88.5 cm³/mol. The maximum Gasteiger partial charge on any atom is 0.419 e. The molecule has 9 nitrogen and oxygen atoms in total. The van der Waals surface area contributed by atoms with Crippen LogP contribution in [0, 0.1) is 0 Å². The lowest BCUT2D eigenvalue weighted by atomic mass is 10.1. The highest BCUT2D eigenvalue weighted by atomic mass is 32.2. The van der Waals surface area contributed by atoms with Crippen LogP contribution in [0.5, 0.6) is 0 Å². The monoisotopic (exact) mass is 363 g/mol. The molecule has 0 spiro atoms. The summed E-state index contributed by atoms with van der Waals surface area (Å²) >= 11 is 0. The molecule has 0 bridgehead atoms. The highest BCUT2D eigenvalue weighted by Crippen LogP contribution is 2.27. The lowest BCUT2D eigenvalue weighted by molar-refractivity contribution is 0.258. The van der Waals surface area contributed by atoms with Gasteiger partial charge in [0.15, 0.2) is 5.58 Å². The molecule has 1 aromatic carbocycles. The van der Waals surface area contributed by atoms with Crippen molar-refractivity contribution in [2.45, 2.75) is 23.8 Å². The zero-order chi connectivity index (χ0) is 17.6. The van der Waals surface area contributed by atoms with Crippen LogP contribution in [0.15, 0.2) is 44.7 Å². The van der Waals surface area contributed by atoms with Gasteiger partial charge in [-0.05, 0) is 31.0 Å². The Labute approximate surface area is 143 Å². The van der Waals surface area contributed by atoms with E-state index in [0.29, 0.717) is 37.0 Å². The van der Waals surface area contributed by atoms with Crippen molar-refractivity contribution in [3.63, 3.8) is 0 Å². The van der Waals surface area contributed by atoms with Crippen LogP contribution >= 0.6 is 0 Å². The number of piperidine rings is 1. The number of nitrogens with zero attached hydrogens (tertiary/aromatic N) is 5. The molecule has 0 N–H and O–H groups in total. The maximum absolute atomic E-state index is 12.9. The molecule has 10 heteroatoms. The van der Waals surface area contributed by atoms with E-state index in [2.05, 4.69) is 10.3 Å². The van der Waals surface area contributed by atoms with Crippen molar-refractivity contribution in [3.8, 4) is 0 Å². The standard InChI is InChI=1S/C15H17N5O4S/c1-18-13-10-12(2-3-14(13)24-15(18)21)25(22,23)19-7-4-11(5-8-19)20-9-6-16-17-20/h2-3,6,9-11H,4-5,7-8H2,1H3. The van der Waals surface area contributed by atoms with Gasteiger partial charge in [0.25, 0.3) is 0 Å². The molecule has 3 heterocycles. The fraction of sp³-hybridized carbons (Fsp3) is 0.400. The minimum absolute atomic E-state index is 0.158. The van der Waals surface area contributed by atoms with Crippen LogP contribution in [0.1, 0.15) is 18.9 Å². The van der Waals surface area contributed by atoms with E-state index >= 15 is 0 Å². The molecule has 0 saturated carbocycles. The van der Waals surface area contributed by atoms with Crippen LogP contribution in [-0.2, 0) is 17.1 Å². The first-order chi connectivity index (χ1) is 12.0.